The summed E-state index contributed by atoms with van der Waals surface area (Å²) in [5.74, 6) is 0.00541. The second-order valence-corrected chi connectivity index (χ2v) is 6.11. The molecule has 1 amide bonds. The summed E-state index contributed by atoms with van der Waals surface area (Å²) < 4.78 is 1.72. The van der Waals surface area contributed by atoms with Gasteiger partial charge in [0.1, 0.15) is 5.56 Å². The lowest BCUT2D eigenvalue weighted by Gasteiger charge is -2.23. The number of hydrogen-bond acceptors (Lipinski definition) is 4. The lowest BCUT2D eigenvalue weighted by Crippen LogP contribution is -2.35. The Morgan fingerprint density at radius 2 is 2.08 bits per heavy atom. The van der Waals surface area contributed by atoms with Crippen LogP contribution in [0.3, 0.4) is 0 Å². The molecule has 2 aromatic rings. The van der Waals surface area contributed by atoms with E-state index in [-0.39, 0.29) is 11.9 Å². The Morgan fingerprint density at radius 3 is 2.79 bits per heavy atom. The maximum absolute atomic E-state index is 12.8. The van der Waals surface area contributed by atoms with Gasteiger partial charge in [0, 0.05) is 31.0 Å². The summed E-state index contributed by atoms with van der Waals surface area (Å²) in [7, 11) is 0. The number of hydrogen-bond donors (Lipinski definition) is 0. The van der Waals surface area contributed by atoms with Crippen molar-refractivity contribution in [2.24, 2.45) is 0 Å². The molecule has 2 aromatic heterocycles. The molecule has 128 valence electrons. The summed E-state index contributed by atoms with van der Waals surface area (Å²) in [5.41, 5.74) is 2.30. The Labute approximate surface area is 142 Å². The topological polar surface area (TPSA) is 53.7 Å². The van der Waals surface area contributed by atoms with Gasteiger partial charge in [0.2, 0.25) is 0 Å². The number of carbonyl (C=O) groups is 1. The summed E-state index contributed by atoms with van der Waals surface area (Å²) in [6.45, 7) is 9.88. The Kier molecular flexibility index (Phi) is 4.94. The Balaban J connectivity index is 1.84. The van der Waals surface area contributed by atoms with E-state index < -0.39 is 0 Å². The summed E-state index contributed by atoms with van der Waals surface area (Å²) in [6, 6.07) is 0.175. The fraction of sp³-hybridized carbons (Fsp3) is 0.500. The van der Waals surface area contributed by atoms with Gasteiger partial charge in [-0.25, -0.2) is 9.50 Å². The van der Waals surface area contributed by atoms with Gasteiger partial charge in [-0.15, -0.1) is 0 Å². The monoisotopic (exact) mass is 327 g/mol. The number of amides is 1. The molecule has 0 spiro atoms. The minimum absolute atomic E-state index is 0.00541. The minimum Gasteiger partial charge on any atom is -0.328 e. The molecule has 0 aliphatic carbocycles. The van der Waals surface area contributed by atoms with Crippen LogP contribution in [0.1, 0.15) is 43.1 Å². The molecule has 0 saturated heterocycles. The van der Waals surface area contributed by atoms with Crippen LogP contribution in [0.25, 0.3) is 5.65 Å². The smallest absolute Gasteiger partial charge is 0.260 e. The average molecular weight is 327 g/mol. The highest BCUT2D eigenvalue weighted by atomic mass is 16.2. The Morgan fingerprint density at radius 1 is 1.29 bits per heavy atom. The van der Waals surface area contributed by atoms with Crippen molar-refractivity contribution in [1.82, 2.24) is 24.4 Å². The molecule has 6 heteroatoms. The summed E-state index contributed by atoms with van der Waals surface area (Å²) in [4.78, 5) is 21.5. The predicted molar refractivity (Wildman–Crippen MR) is 93.9 cm³/mol. The third-order valence-electron chi connectivity index (χ3n) is 4.68. The molecule has 0 saturated carbocycles. The van der Waals surface area contributed by atoms with E-state index >= 15 is 0 Å². The van der Waals surface area contributed by atoms with Crippen LogP contribution in [-0.2, 0) is 6.54 Å². The van der Waals surface area contributed by atoms with Gasteiger partial charge in [0.15, 0.2) is 5.65 Å². The van der Waals surface area contributed by atoms with Crippen LogP contribution < -0.4 is 0 Å². The van der Waals surface area contributed by atoms with E-state index in [0.29, 0.717) is 17.8 Å². The van der Waals surface area contributed by atoms with Crippen molar-refractivity contribution in [1.29, 1.82) is 0 Å². The van der Waals surface area contributed by atoms with Crippen LogP contribution in [-0.4, -0.2) is 56.0 Å². The van der Waals surface area contributed by atoms with Crippen molar-refractivity contribution < 1.29 is 4.79 Å². The molecule has 0 radical (unpaired) electrons. The fourth-order valence-electron chi connectivity index (χ4n) is 3.17. The van der Waals surface area contributed by atoms with E-state index in [1.807, 2.05) is 23.4 Å². The molecule has 1 atom stereocenters. The molecule has 3 rings (SSSR count). The molecule has 0 fully saturated rings. The lowest BCUT2D eigenvalue weighted by molar-refractivity contribution is 0.0749. The Bertz CT molecular complexity index is 747. The highest BCUT2D eigenvalue weighted by Gasteiger charge is 2.27. The molecule has 3 heterocycles. The maximum Gasteiger partial charge on any atom is 0.260 e. The normalized spacial score (nSPS) is 17.3. The largest absolute Gasteiger partial charge is 0.328 e. The van der Waals surface area contributed by atoms with Crippen molar-refractivity contribution in [2.45, 2.75) is 39.8 Å². The first kappa shape index (κ1) is 16.6. The number of carbonyl (C=O) groups excluding carboxylic acids is 1. The first-order valence-corrected chi connectivity index (χ1v) is 8.70. The van der Waals surface area contributed by atoms with Gasteiger partial charge in [-0.2, -0.15) is 5.10 Å². The van der Waals surface area contributed by atoms with Crippen molar-refractivity contribution >= 4 is 11.6 Å². The van der Waals surface area contributed by atoms with Gasteiger partial charge in [-0.1, -0.05) is 32.9 Å². The predicted octanol–water partition coefficient (Wildman–Crippen LogP) is 2.36. The van der Waals surface area contributed by atoms with Crippen molar-refractivity contribution in [3.63, 3.8) is 0 Å². The van der Waals surface area contributed by atoms with Crippen molar-refractivity contribution in [3.05, 3.63) is 41.9 Å². The van der Waals surface area contributed by atoms with Gasteiger partial charge in [0.25, 0.3) is 5.91 Å². The quantitative estimate of drug-likeness (QED) is 0.764. The van der Waals surface area contributed by atoms with E-state index in [1.54, 1.807) is 10.7 Å². The minimum atomic E-state index is 0.00541. The molecule has 6 nitrogen and oxygen atoms in total. The van der Waals surface area contributed by atoms with Crippen LogP contribution in [0.2, 0.25) is 0 Å². The molecule has 1 aliphatic rings. The van der Waals surface area contributed by atoms with Gasteiger partial charge >= 0.3 is 0 Å². The third-order valence-corrected chi connectivity index (χ3v) is 4.68. The van der Waals surface area contributed by atoms with Crippen LogP contribution in [0.4, 0.5) is 0 Å². The highest BCUT2D eigenvalue weighted by Crippen LogP contribution is 2.19. The van der Waals surface area contributed by atoms with Crippen LogP contribution >= 0.6 is 0 Å². The van der Waals surface area contributed by atoms with E-state index in [0.717, 1.165) is 31.6 Å². The molecule has 0 N–H and O–H groups in total. The van der Waals surface area contributed by atoms with E-state index in [4.69, 9.17) is 0 Å². The lowest BCUT2D eigenvalue weighted by atomic mass is 10.2. The number of aromatic nitrogens is 3. The molecule has 0 bridgehead atoms. The molecule has 1 unspecified atom stereocenters. The zero-order chi connectivity index (χ0) is 17.1. The zero-order valence-corrected chi connectivity index (χ0v) is 14.6. The fourth-order valence-corrected chi connectivity index (χ4v) is 3.17. The summed E-state index contributed by atoms with van der Waals surface area (Å²) in [5, 5.41) is 4.35. The molecular weight excluding hydrogens is 302 g/mol. The van der Waals surface area contributed by atoms with Gasteiger partial charge in [-0.3, -0.25) is 9.69 Å². The van der Waals surface area contributed by atoms with E-state index in [9.17, 15) is 4.79 Å². The standard InChI is InChI=1S/C18H25N5O/c1-4-15-8-7-9-22(15)18(24)16-11-20-23-13-14(10-19-17(16)23)12-21(5-2)6-3/h7-8,10-11,13,15H,4-6,9,12H2,1-3H3. The first-order chi connectivity index (χ1) is 11.7. The summed E-state index contributed by atoms with van der Waals surface area (Å²) in [6.07, 6.45) is 10.5. The maximum atomic E-state index is 12.8. The molecule has 24 heavy (non-hydrogen) atoms. The van der Waals surface area contributed by atoms with E-state index in [2.05, 4.69) is 41.8 Å². The van der Waals surface area contributed by atoms with Gasteiger partial charge in [0.05, 0.1) is 12.2 Å². The molecule has 1 aliphatic heterocycles. The average Bonchev–Trinajstić information content (AvgIpc) is 3.25. The molecule has 0 aromatic carbocycles. The van der Waals surface area contributed by atoms with Gasteiger partial charge < -0.3 is 4.90 Å². The van der Waals surface area contributed by atoms with Gasteiger partial charge in [-0.05, 0) is 19.5 Å². The second kappa shape index (κ2) is 7.13. The van der Waals surface area contributed by atoms with Crippen molar-refractivity contribution in [2.75, 3.05) is 19.6 Å². The zero-order valence-electron chi connectivity index (χ0n) is 14.6. The van der Waals surface area contributed by atoms with Crippen LogP contribution in [0.15, 0.2) is 30.7 Å². The first-order valence-electron chi connectivity index (χ1n) is 8.70. The number of nitrogens with zero attached hydrogens (tertiary/aromatic N) is 5. The number of rotatable bonds is 6. The third kappa shape index (κ3) is 3.06. The SMILES string of the molecule is CCC1C=CCN1C(=O)c1cnn2cc(CN(CC)CC)cnc12. The van der Waals surface area contributed by atoms with Crippen molar-refractivity contribution in [3.8, 4) is 0 Å². The highest BCUT2D eigenvalue weighted by molar-refractivity contribution is 6.00. The van der Waals surface area contributed by atoms with E-state index in [1.165, 1.54) is 0 Å². The van der Waals surface area contributed by atoms with Crippen LogP contribution in [0.5, 0.6) is 0 Å². The Hall–Kier alpha value is -2.21. The molecular formula is C18H25N5O. The summed E-state index contributed by atoms with van der Waals surface area (Å²) >= 11 is 0. The van der Waals surface area contributed by atoms with Crippen LogP contribution in [0, 0.1) is 0 Å². The second-order valence-electron chi connectivity index (χ2n) is 6.11. The number of fused-ring (bicyclic) bond motifs is 1.